The highest BCUT2D eigenvalue weighted by Crippen LogP contribution is 2.35. The van der Waals surface area contributed by atoms with E-state index in [-0.39, 0.29) is 11.7 Å². The molecule has 0 aromatic heterocycles. The molecule has 1 aromatic carbocycles. The zero-order valence-electron chi connectivity index (χ0n) is 10.6. The predicted molar refractivity (Wildman–Crippen MR) is 66.0 cm³/mol. The fourth-order valence-corrected chi connectivity index (χ4v) is 2.14. The van der Waals surface area contributed by atoms with Crippen molar-refractivity contribution in [1.82, 2.24) is 0 Å². The largest absolute Gasteiger partial charge is 0.493 e. The zero-order chi connectivity index (χ0) is 12.4. The third-order valence-electron chi connectivity index (χ3n) is 3.47. The van der Waals surface area contributed by atoms with Crippen molar-refractivity contribution >= 4 is 5.78 Å². The van der Waals surface area contributed by atoms with E-state index in [9.17, 15) is 4.79 Å². The number of benzene rings is 1. The second kappa shape index (κ2) is 4.78. The van der Waals surface area contributed by atoms with Gasteiger partial charge in [0.2, 0.25) is 0 Å². The molecule has 0 saturated heterocycles. The van der Waals surface area contributed by atoms with E-state index in [1.54, 1.807) is 20.3 Å². The number of Topliss-reactive ketones (excluding diaryl/α,β-unsaturated/α-hetero) is 1. The van der Waals surface area contributed by atoms with Crippen molar-refractivity contribution in [2.45, 2.75) is 26.2 Å². The van der Waals surface area contributed by atoms with Gasteiger partial charge in [0.05, 0.1) is 14.2 Å². The lowest BCUT2D eigenvalue weighted by Gasteiger charge is -2.25. The number of ether oxygens (including phenoxy) is 2. The molecule has 92 valence electrons. The van der Waals surface area contributed by atoms with Crippen LogP contribution in [0.3, 0.4) is 0 Å². The lowest BCUT2D eigenvalue weighted by molar-refractivity contribution is 0.0854. The SMILES string of the molecule is COc1cc(C)c(C(=O)C2CCC2)cc1OC. The van der Waals surface area contributed by atoms with E-state index in [0.29, 0.717) is 11.5 Å². The summed E-state index contributed by atoms with van der Waals surface area (Å²) in [5.74, 6) is 1.76. The highest BCUT2D eigenvalue weighted by atomic mass is 16.5. The van der Waals surface area contributed by atoms with E-state index in [2.05, 4.69) is 0 Å². The van der Waals surface area contributed by atoms with Crippen LogP contribution in [0.4, 0.5) is 0 Å². The molecule has 3 heteroatoms. The van der Waals surface area contributed by atoms with Crippen LogP contribution in [0.2, 0.25) is 0 Å². The Morgan fingerprint density at radius 3 is 2.24 bits per heavy atom. The van der Waals surface area contributed by atoms with Gasteiger partial charge in [0.1, 0.15) is 0 Å². The van der Waals surface area contributed by atoms with E-state index in [1.165, 1.54) is 6.42 Å². The van der Waals surface area contributed by atoms with Crippen molar-refractivity contribution < 1.29 is 14.3 Å². The highest BCUT2D eigenvalue weighted by molar-refractivity contribution is 6.00. The number of aryl methyl sites for hydroxylation is 1. The van der Waals surface area contributed by atoms with Crippen molar-refractivity contribution in [3.63, 3.8) is 0 Å². The maximum absolute atomic E-state index is 12.2. The van der Waals surface area contributed by atoms with E-state index in [4.69, 9.17) is 9.47 Å². The number of carbonyl (C=O) groups is 1. The summed E-state index contributed by atoms with van der Waals surface area (Å²) in [7, 11) is 3.19. The minimum Gasteiger partial charge on any atom is -0.493 e. The lowest BCUT2D eigenvalue weighted by Crippen LogP contribution is -2.22. The van der Waals surface area contributed by atoms with E-state index in [0.717, 1.165) is 24.0 Å². The highest BCUT2D eigenvalue weighted by Gasteiger charge is 2.27. The Kier molecular flexibility index (Phi) is 3.36. The first-order valence-electron chi connectivity index (χ1n) is 5.94. The van der Waals surface area contributed by atoms with E-state index >= 15 is 0 Å². The molecule has 1 saturated carbocycles. The molecule has 17 heavy (non-hydrogen) atoms. The molecular weight excluding hydrogens is 216 g/mol. The topological polar surface area (TPSA) is 35.5 Å². The summed E-state index contributed by atoms with van der Waals surface area (Å²) >= 11 is 0. The fraction of sp³-hybridized carbons (Fsp3) is 0.500. The smallest absolute Gasteiger partial charge is 0.166 e. The number of hydrogen-bond acceptors (Lipinski definition) is 3. The molecule has 0 unspecified atom stereocenters. The second-order valence-electron chi connectivity index (χ2n) is 4.51. The molecule has 0 atom stereocenters. The molecule has 0 aliphatic heterocycles. The van der Waals surface area contributed by atoms with Gasteiger partial charge >= 0.3 is 0 Å². The van der Waals surface area contributed by atoms with Crippen LogP contribution in [0.1, 0.15) is 35.2 Å². The minimum absolute atomic E-state index is 0.215. The molecule has 1 aliphatic carbocycles. The number of rotatable bonds is 4. The first kappa shape index (κ1) is 12.0. The Balaban J connectivity index is 2.36. The maximum Gasteiger partial charge on any atom is 0.166 e. The summed E-state index contributed by atoms with van der Waals surface area (Å²) in [5, 5.41) is 0. The third kappa shape index (κ3) is 2.14. The molecule has 2 rings (SSSR count). The summed E-state index contributed by atoms with van der Waals surface area (Å²) in [6.07, 6.45) is 3.21. The monoisotopic (exact) mass is 234 g/mol. The predicted octanol–water partition coefficient (Wildman–Crippen LogP) is 3.00. The molecule has 0 N–H and O–H groups in total. The first-order chi connectivity index (χ1) is 8.17. The first-order valence-corrected chi connectivity index (χ1v) is 5.94. The molecule has 0 heterocycles. The van der Waals surface area contributed by atoms with E-state index in [1.807, 2.05) is 13.0 Å². The normalized spacial score (nSPS) is 15.2. The molecule has 1 fully saturated rings. The van der Waals surface area contributed by atoms with Gasteiger partial charge in [-0.2, -0.15) is 0 Å². The van der Waals surface area contributed by atoms with Crippen molar-refractivity contribution in [3.05, 3.63) is 23.3 Å². The maximum atomic E-state index is 12.2. The average Bonchev–Trinajstić information content (AvgIpc) is 2.26. The summed E-state index contributed by atoms with van der Waals surface area (Å²) < 4.78 is 10.5. The summed E-state index contributed by atoms with van der Waals surface area (Å²) in [5.41, 5.74) is 1.73. The van der Waals surface area contributed by atoms with Gasteiger partial charge in [-0.1, -0.05) is 6.42 Å². The van der Waals surface area contributed by atoms with E-state index < -0.39 is 0 Å². The average molecular weight is 234 g/mol. The van der Waals surface area contributed by atoms with Gasteiger partial charge in [0.15, 0.2) is 17.3 Å². The molecular formula is C14H18O3. The Hall–Kier alpha value is -1.51. The third-order valence-corrected chi connectivity index (χ3v) is 3.47. The molecule has 3 nitrogen and oxygen atoms in total. The second-order valence-corrected chi connectivity index (χ2v) is 4.51. The van der Waals surface area contributed by atoms with Crippen LogP contribution in [-0.2, 0) is 0 Å². The van der Waals surface area contributed by atoms with Crippen molar-refractivity contribution in [2.75, 3.05) is 14.2 Å². The van der Waals surface area contributed by atoms with Crippen LogP contribution in [0, 0.1) is 12.8 Å². The van der Waals surface area contributed by atoms with Crippen LogP contribution < -0.4 is 9.47 Å². The minimum atomic E-state index is 0.215. The van der Waals surface area contributed by atoms with Crippen LogP contribution in [0.15, 0.2) is 12.1 Å². The Morgan fingerprint density at radius 1 is 1.18 bits per heavy atom. The van der Waals surface area contributed by atoms with Crippen LogP contribution in [0.5, 0.6) is 11.5 Å². The quantitative estimate of drug-likeness (QED) is 0.751. The zero-order valence-corrected chi connectivity index (χ0v) is 10.6. The Bertz CT molecular complexity index is 433. The number of carbonyl (C=O) groups excluding carboxylic acids is 1. The molecule has 0 bridgehead atoms. The van der Waals surface area contributed by atoms with Crippen LogP contribution >= 0.6 is 0 Å². The number of methoxy groups -OCH3 is 2. The Morgan fingerprint density at radius 2 is 1.76 bits per heavy atom. The van der Waals surface area contributed by atoms with Crippen molar-refractivity contribution in [3.8, 4) is 11.5 Å². The Labute approximate surface area is 102 Å². The fourth-order valence-electron chi connectivity index (χ4n) is 2.14. The number of hydrogen-bond donors (Lipinski definition) is 0. The molecule has 0 amide bonds. The van der Waals surface area contributed by atoms with Crippen molar-refractivity contribution in [2.24, 2.45) is 5.92 Å². The van der Waals surface area contributed by atoms with Crippen LogP contribution in [0.25, 0.3) is 0 Å². The van der Waals surface area contributed by atoms with Gasteiger partial charge in [0, 0.05) is 11.5 Å². The molecule has 0 spiro atoms. The van der Waals surface area contributed by atoms with Gasteiger partial charge in [-0.05, 0) is 37.5 Å². The molecule has 0 radical (unpaired) electrons. The molecule has 1 aliphatic rings. The molecule has 1 aromatic rings. The summed E-state index contributed by atoms with van der Waals surface area (Å²) in [6.45, 7) is 1.94. The van der Waals surface area contributed by atoms with Gasteiger partial charge in [-0.25, -0.2) is 0 Å². The van der Waals surface area contributed by atoms with Gasteiger partial charge in [-0.15, -0.1) is 0 Å². The van der Waals surface area contributed by atoms with Gasteiger partial charge < -0.3 is 9.47 Å². The standard InChI is InChI=1S/C14H18O3/c1-9-7-12(16-2)13(17-3)8-11(9)14(15)10-5-4-6-10/h7-8,10H,4-6H2,1-3H3. The number of ketones is 1. The lowest BCUT2D eigenvalue weighted by atomic mass is 9.79. The van der Waals surface area contributed by atoms with Crippen molar-refractivity contribution in [1.29, 1.82) is 0 Å². The summed E-state index contributed by atoms with van der Waals surface area (Å²) in [6, 6.07) is 3.67. The summed E-state index contributed by atoms with van der Waals surface area (Å²) in [4.78, 5) is 12.2. The van der Waals surface area contributed by atoms with Gasteiger partial charge in [-0.3, -0.25) is 4.79 Å². The van der Waals surface area contributed by atoms with Crippen LogP contribution in [-0.4, -0.2) is 20.0 Å². The van der Waals surface area contributed by atoms with Gasteiger partial charge in [0.25, 0.3) is 0 Å².